The Balaban J connectivity index is 1.39. The van der Waals surface area contributed by atoms with Crippen molar-refractivity contribution in [1.82, 2.24) is 14.5 Å². The first-order valence-electron chi connectivity index (χ1n) is 12.8. The van der Waals surface area contributed by atoms with Crippen LogP contribution in [0.2, 0.25) is 10.0 Å². The molecule has 4 aromatic rings. The number of aromatic nitrogens is 2. The SMILES string of the molecule is O=C(CCCCCn1c(=O)c2sccc2n(CC(=O)Nc2cc(C(F)(F)F)ccc2Cl)c1=O)NCc1ccccc1Cl. The second-order valence-corrected chi connectivity index (χ2v) is 11.1. The molecule has 0 bridgehead atoms. The highest BCUT2D eigenvalue weighted by Crippen LogP contribution is 2.33. The van der Waals surface area contributed by atoms with Crippen molar-refractivity contribution in [3.8, 4) is 0 Å². The Morgan fingerprint density at radius 3 is 2.40 bits per heavy atom. The number of anilines is 1. The van der Waals surface area contributed by atoms with Crippen molar-refractivity contribution in [3.63, 3.8) is 0 Å². The molecule has 2 aromatic carbocycles. The molecule has 2 amide bonds. The highest BCUT2D eigenvalue weighted by atomic mass is 35.5. The molecule has 0 saturated heterocycles. The Kier molecular flexibility index (Phi) is 10.1. The van der Waals surface area contributed by atoms with E-state index in [0.717, 1.165) is 38.2 Å². The molecule has 14 heteroatoms. The number of nitrogens with zero attached hydrogens (tertiary/aromatic N) is 2. The molecule has 2 aromatic heterocycles. The lowest BCUT2D eigenvalue weighted by Gasteiger charge is -2.14. The molecule has 2 heterocycles. The topological polar surface area (TPSA) is 102 Å². The number of hydrogen-bond acceptors (Lipinski definition) is 5. The van der Waals surface area contributed by atoms with Gasteiger partial charge in [-0.05, 0) is 54.1 Å². The smallest absolute Gasteiger partial charge is 0.352 e. The molecule has 0 atom stereocenters. The second kappa shape index (κ2) is 13.6. The highest BCUT2D eigenvalue weighted by Gasteiger charge is 2.31. The molecular formula is C28H25Cl2F3N4O4S. The van der Waals surface area contributed by atoms with Crippen molar-refractivity contribution >= 4 is 62.3 Å². The first-order valence-corrected chi connectivity index (χ1v) is 14.5. The molecule has 0 saturated carbocycles. The standard InChI is InChI=1S/C28H25Cl2F3N4O4S/c29-19-7-4-3-6-17(19)15-34-23(38)8-2-1-5-12-36-26(40)25-22(11-13-42-25)37(27(36)41)16-24(39)35-21-14-18(28(31,32)33)9-10-20(21)30/h3-4,6-7,9-11,13-14H,1-2,5,8,12,15-16H2,(H,34,38)(H,35,39). The number of hydrogen-bond donors (Lipinski definition) is 2. The van der Waals surface area contributed by atoms with Crippen molar-refractivity contribution in [2.75, 3.05) is 5.32 Å². The van der Waals surface area contributed by atoms with E-state index in [1.807, 2.05) is 12.1 Å². The molecule has 0 aliphatic carbocycles. The zero-order chi connectivity index (χ0) is 30.4. The van der Waals surface area contributed by atoms with Crippen LogP contribution in [-0.2, 0) is 35.4 Å². The van der Waals surface area contributed by atoms with Crippen molar-refractivity contribution < 1.29 is 22.8 Å². The summed E-state index contributed by atoms with van der Waals surface area (Å²) >= 11 is 13.2. The summed E-state index contributed by atoms with van der Waals surface area (Å²) in [5, 5.41) is 7.20. The lowest BCUT2D eigenvalue weighted by atomic mass is 10.1. The van der Waals surface area contributed by atoms with Crippen LogP contribution in [-0.4, -0.2) is 20.9 Å². The molecular weight excluding hydrogens is 616 g/mol. The number of fused-ring (bicyclic) bond motifs is 1. The molecule has 42 heavy (non-hydrogen) atoms. The minimum atomic E-state index is -4.64. The Bertz CT molecular complexity index is 1730. The molecule has 222 valence electrons. The van der Waals surface area contributed by atoms with Crippen molar-refractivity contribution in [1.29, 1.82) is 0 Å². The van der Waals surface area contributed by atoms with E-state index >= 15 is 0 Å². The van der Waals surface area contributed by atoms with Crippen LogP contribution in [0.15, 0.2) is 63.5 Å². The third-order valence-corrected chi connectivity index (χ3v) is 8.02. The number of nitrogens with one attached hydrogen (secondary N) is 2. The number of halogens is 5. The maximum Gasteiger partial charge on any atom is 0.416 e. The van der Waals surface area contributed by atoms with Gasteiger partial charge in [0.2, 0.25) is 11.8 Å². The number of carbonyl (C=O) groups excluding carboxylic acids is 2. The van der Waals surface area contributed by atoms with Gasteiger partial charge in [-0.3, -0.25) is 23.5 Å². The van der Waals surface area contributed by atoms with Gasteiger partial charge in [-0.1, -0.05) is 47.8 Å². The largest absolute Gasteiger partial charge is 0.416 e. The Labute approximate surface area is 251 Å². The molecule has 0 unspecified atom stereocenters. The van der Waals surface area contributed by atoms with E-state index in [4.69, 9.17) is 23.2 Å². The summed E-state index contributed by atoms with van der Waals surface area (Å²) in [7, 11) is 0. The number of alkyl halides is 3. The summed E-state index contributed by atoms with van der Waals surface area (Å²) < 4.78 is 41.7. The first-order chi connectivity index (χ1) is 20.0. The maximum atomic E-state index is 13.3. The van der Waals surface area contributed by atoms with Crippen LogP contribution in [0.4, 0.5) is 18.9 Å². The minimum absolute atomic E-state index is 0.0633. The van der Waals surface area contributed by atoms with Crippen molar-refractivity contribution in [3.05, 3.63) is 95.9 Å². The van der Waals surface area contributed by atoms with E-state index in [1.54, 1.807) is 17.5 Å². The van der Waals surface area contributed by atoms with Gasteiger partial charge in [-0.2, -0.15) is 13.2 Å². The number of thiophene rings is 1. The fourth-order valence-corrected chi connectivity index (χ4v) is 5.48. The van der Waals surface area contributed by atoms with Gasteiger partial charge in [0.05, 0.1) is 21.8 Å². The normalized spacial score (nSPS) is 11.5. The second-order valence-electron chi connectivity index (χ2n) is 9.38. The van der Waals surface area contributed by atoms with Crippen molar-refractivity contribution in [2.45, 2.75) is 51.5 Å². The number of unbranched alkanes of at least 4 members (excludes halogenated alkanes) is 2. The first kappa shape index (κ1) is 31.3. The van der Waals surface area contributed by atoms with Crippen LogP contribution in [0.5, 0.6) is 0 Å². The molecule has 8 nitrogen and oxygen atoms in total. The van der Waals surface area contributed by atoms with E-state index in [2.05, 4.69) is 10.6 Å². The third-order valence-electron chi connectivity index (χ3n) is 6.43. The van der Waals surface area contributed by atoms with E-state index in [9.17, 15) is 32.3 Å². The number of amides is 2. The van der Waals surface area contributed by atoms with Gasteiger partial charge in [0, 0.05) is 24.5 Å². The molecule has 0 fully saturated rings. The summed E-state index contributed by atoms with van der Waals surface area (Å²) in [5.41, 5.74) is -1.43. The molecule has 0 aliphatic rings. The minimum Gasteiger partial charge on any atom is -0.352 e. The number of rotatable bonds is 11. The van der Waals surface area contributed by atoms with Crippen LogP contribution in [0.3, 0.4) is 0 Å². The summed E-state index contributed by atoms with van der Waals surface area (Å²) in [6.45, 7) is -0.180. The van der Waals surface area contributed by atoms with Crippen LogP contribution in [0.1, 0.15) is 36.8 Å². The zero-order valence-electron chi connectivity index (χ0n) is 22.0. The van der Waals surface area contributed by atoms with Gasteiger partial charge in [0.25, 0.3) is 5.56 Å². The predicted molar refractivity (Wildman–Crippen MR) is 157 cm³/mol. The Hall–Kier alpha value is -3.61. The fourth-order valence-electron chi connectivity index (χ4n) is 4.27. The monoisotopic (exact) mass is 640 g/mol. The lowest BCUT2D eigenvalue weighted by molar-refractivity contribution is -0.137. The van der Waals surface area contributed by atoms with Gasteiger partial charge in [0.1, 0.15) is 11.2 Å². The van der Waals surface area contributed by atoms with Crippen LogP contribution in [0.25, 0.3) is 10.2 Å². The van der Waals surface area contributed by atoms with Gasteiger partial charge in [0.15, 0.2) is 0 Å². The van der Waals surface area contributed by atoms with Crippen LogP contribution >= 0.6 is 34.5 Å². The van der Waals surface area contributed by atoms with E-state index < -0.39 is 35.4 Å². The van der Waals surface area contributed by atoms with Gasteiger partial charge >= 0.3 is 11.9 Å². The van der Waals surface area contributed by atoms with Gasteiger partial charge in [-0.15, -0.1) is 11.3 Å². The summed E-state index contributed by atoms with van der Waals surface area (Å²) in [6.07, 6.45) is -2.87. The molecule has 0 radical (unpaired) electrons. The maximum absolute atomic E-state index is 13.3. The predicted octanol–water partition coefficient (Wildman–Crippen LogP) is 6.07. The van der Waals surface area contributed by atoms with E-state index in [0.29, 0.717) is 36.9 Å². The molecule has 4 rings (SSSR count). The highest BCUT2D eigenvalue weighted by molar-refractivity contribution is 7.17. The lowest BCUT2D eigenvalue weighted by Crippen LogP contribution is -2.41. The quantitative estimate of drug-likeness (QED) is 0.194. The molecule has 0 spiro atoms. The summed E-state index contributed by atoms with van der Waals surface area (Å²) in [4.78, 5) is 51.2. The Morgan fingerprint density at radius 1 is 0.905 bits per heavy atom. The van der Waals surface area contributed by atoms with Crippen molar-refractivity contribution in [2.24, 2.45) is 0 Å². The van der Waals surface area contributed by atoms with Gasteiger partial charge < -0.3 is 10.6 Å². The molecule has 0 aliphatic heterocycles. The summed E-state index contributed by atoms with van der Waals surface area (Å²) in [6, 6.07) is 11.2. The fraction of sp³-hybridized carbons (Fsp3) is 0.286. The zero-order valence-corrected chi connectivity index (χ0v) is 24.3. The van der Waals surface area contributed by atoms with Gasteiger partial charge in [-0.25, -0.2) is 4.79 Å². The van der Waals surface area contributed by atoms with Crippen LogP contribution in [0, 0.1) is 0 Å². The average molecular weight is 641 g/mol. The number of carbonyl (C=O) groups is 2. The third kappa shape index (κ3) is 7.61. The summed E-state index contributed by atoms with van der Waals surface area (Å²) in [5.74, 6) is -0.944. The average Bonchev–Trinajstić information content (AvgIpc) is 3.43. The Morgan fingerprint density at radius 2 is 1.67 bits per heavy atom. The van der Waals surface area contributed by atoms with E-state index in [-0.39, 0.29) is 39.8 Å². The van der Waals surface area contributed by atoms with Crippen LogP contribution < -0.4 is 21.9 Å². The van der Waals surface area contributed by atoms with E-state index in [1.165, 1.54) is 6.07 Å². The molecule has 2 N–H and O–H groups in total. The number of benzene rings is 2.